The number of ether oxygens (including phenoxy) is 1. The summed E-state index contributed by atoms with van der Waals surface area (Å²) < 4.78 is 18.7. The van der Waals surface area contributed by atoms with E-state index in [4.69, 9.17) is 4.74 Å². The Kier molecular flexibility index (Phi) is 4.18. The Hall–Kier alpha value is -2.16. The van der Waals surface area contributed by atoms with Gasteiger partial charge in [0.25, 0.3) is 0 Å². The van der Waals surface area contributed by atoms with Crippen molar-refractivity contribution in [3.63, 3.8) is 0 Å². The fourth-order valence-electron chi connectivity index (χ4n) is 1.94. The Bertz CT molecular complexity index is 617. The molecule has 3 heteroatoms. The predicted molar refractivity (Wildman–Crippen MR) is 76.7 cm³/mol. The van der Waals surface area contributed by atoms with E-state index in [9.17, 15) is 9.18 Å². The summed E-state index contributed by atoms with van der Waals surface area (Å²) in [6.45, 7) is 5.42. The molecule has 2 rings (SSSR count). The van der Waals surface area contributed by atoms with E-state index in [2.05, 4.69) is 0 Å². The largest absolute Gasteiger partial charge is 0.482 e. The topological polar surface area (TPSA) is 26.3 Å². The molecule has 0 spiro atoms. The van der Waals surface area contributed by atoms with Crippen molar-refractivity contribution >= 4 is 5.78 Å². The third kappa shape index (κ3) is 3.23. The number of benzene rings is 2. The molecule has 1 atom stereocenters. The lowest BCUT2D eigenvalue weighted by Gasteiger charge is -2.15. The molecule has 2 nitrogen and oxygen atoms in total. The zero-order chi connectivity index (χ0) is 14.7. The Labute approximate surface area is 118 Å². The molecule has 0 fully saturated rings. The fourth-order valence-corrected chi connectivity index (χ4v) is 1.94. The Balaban J connectivity index is 2.13. The van der Waals surface area contributed by atoms with Gasteiger partial charge >= 0.3 is 0 Å². The summed E-state index contributed by atoms with van der Waals surface area (Å²) in [7, 11) is 0. The fraction of sp³-hybridized carbons (Fsp3) is 0.235. The molecule has 0 N–H and O–H groups in total. The maximum absolute atomic E-state index is 13.0. The summed E-state index contributed by atoms with van der Waals surface area (Å²) in [5, 5.41) is 0. The van der Waals surface area contributed by atoms with Crippen molar-refractivity contribution in [1.82, 2.24) is 0 Å². The van der Waals surface area contributed by atoms with Gasteiger partial charge in [-0.05, 0) is 44.5 Å². The lowest BCUT2D eigenvalue weighted by Crippen LogP contribution is -2.24. The van der Waals surface area contributed by atoms with Crippen LogP contribution in [0.4, 0.5) is 4.39 Å². The second-order valence-corrected chi connectivity index (χ2v) is 4.90. The van der Waals surface area contributed by atoms with Crippen LogP contribution in [-0.4, -0.2) is 11.9 Å². The summed E-state index contributed by atoms with van der Waals surface area (Å²) in [6, 6.07) is 11.6. The molecule has 0 aliphatic heterocycles. The first-order valence-electron chi connectivity index (χ1n) is 6.51. The zero-order valence-corrected chi connectivity index (χ0v) is 11.8. The normalized spacial score (nSPS) is 12.0. The number of rotatable bonds is 4. The van der Waals surface area contributed by atoms with Crippen LogP contribution >= 0.6 is 0 Å². The van der Waals surface area contributed by atoms with Crippen LogP contribution < -0.4 is 4.74 Å². The van der Waals surface area contributed by atoms with Crippen molar-refractivity contribution in [2.45, 2.75) is 26.9 Å². The highest BCUT2D eigenvalue weighted by Crippen LogP contribution is 2.21. The van der Waals surface area contributed by atoms with E-state index in [0.29, 0.717) is 16.9 Å². The third-order valence-corrected chi connectivity index (χ3v) is 3.15. The molecule has 1 unspecified atom stereocenters. The number of hydrogen-bond acceptors (Lipinski definition) is 2. The maximum atomic E-state index is 13.0. The minimum absolute atomic E-state index is 0.0891. The standard InChI is InChI=1S/C17H17FO2/c1-11-4-6-14(7-5-11)17(19)13(3)20-16-9-8-15(18)10-12(16)2/h4-10,13H,1-3H3. The highest BCUT2D eigenvalue weighted by atomic mass is 19.1. The molecule has 0 saturated heterocycles. The molecule has 2 aromatic carbocycles. The second kappa shape index (κ2) is 5.87. The van der Waals surface area contributed by atoms with Gasteiger partial charge in [0.05, 0.1) is 0 Å². The van der Waals surface area contributed by atoms with Gasteiger partial charge in [0.15, 0.2) is 6.10 Å². The van der Waals surface area contributed by atoms with E-state index in [1.807, 2.05) is 19.1 Å². The summed E-state index contributed by atoms with van der Waals surface area (Å²) in [6.07, 6.45) is -0.609. The summed E-state index contributed by atoms with van der Waals surface area (Å²) in [5.74, 6) is 0.125. The average Bonchev–Trinajstić information content (AvgIpc) is 2.42. The van der Waals surface area contributed by atoms with Gasteiger partial charge < -0.3 is 4.74 Å². The van der Waals surface area contributed by atoms with Crippen molar-refractivity contribution in [3.05, 3.63) is 65.0 Å². The second-order valence-electron chi connectivity index (χ2n) is 4.90. The number of halogens is 1. The van der Waals surface area contributed by atoms with Crippen LogP contribution in [0.25, 0.3) is 0 Å². The molecular formula is C17H17FO2. The first-order valence-corrected chi connectivity index (χ1v) is 6.51. The van der Waals surface area contributed by atoms with E-state index in [-0.39, 0.29) is 11.6 Å². The van der Waals surface area contributed by atoms with E-state index >= 15 is 0 Å². The highest BCUT2D eigenvalue weighted by Gasteiger charge is 2.17. The van der Waals surface area contributed by atoms with Gasteiger partial charge in [0.1, 0.15) is 11.6 Å². The Morgan fingerprint density at radius 3 is 2.35 bits per heavy atom. The molecule has 0 saturated carbocycles. The maximum Gasteiger partial charge on any atom is 0.202 e. The summed E-state index contributed by atoms with van der Waals surface area (Å²) in [4.78, 5) is 12.2. The number of carbonyl (C=O) groups is 1. The molecule has 0 aliphatic carbocycles. The van der Waals surface area contributed by atoms with Gasteiger partial charge in [-0.3, -0.25) is 4.79 Å². The molecular weight excluding hydrogens is 255 g/mol. The van der Waals surface area contributed by atoms with Gasteiger partial charge in [0, 0.05) is 5.56 Å². The summed E-state index contributed by atoms with van der Waals surface area (Å²) >= 11 is 0. The van der Waals surface area contributed by atoms with Crippen LogP contribution in [0.3, 0.4) is 0 Å². The molecule has 104 valence electrons. The lowest BCUT2D eigenvalue weighted by atomic mass is 10.1. The van der Waals surface area contributed by atoms with Crippen LogP contribution in [0.2, 0.25) is 0 Å². The van der Waals surface area contributed by atoms with Gasteiger partial charge in [-0.15, -0.1) is 0 Å². The smallest absolute Gasteiger partial charge is 0.202 e. The van der Waals surface area contributed by atoms with Crippen LogP contribution in [0.5, 0.6) is 5.75 Å². The molecule has 0 aliphatic rings. The number of aryl methyl sites for hydroxylation is 2. The van der Waals surface area contributed by atoms with E-state index in [1.54, 1.807) is 32.0 Å². The first-order chi connectivity index (χ1) is 9.47. The highest BCUT2D eigenvalue weighted by molar-refractivity contribution is 5.99. The molecule has 0 amide bonds. The molecule has 2 aromatic rings. The summed E-state index contributed by atoms with van der Waals surface area (Å²) in [5.41, 5.74) is 2.39. The van der Waals surface area contributed by atoms with Gasteiger partial charge in [-0.1, -0.05) is 29.8 Å². The third-order valence-electron chi connectivity index (χ3n) is 3.15. The van der Waals surface area contributed by atoms with Crippen LogP contribution in [0.15, 0.2) is 42.5 Å². The van der Waals surface area contributed by atoms with Crippen molar-refractivity contribution in [1.29, 1.82) is 0 Å². The van der Waals surface area contributed by atoms with Crippen molar-refractivity contribution in [3.8, 4) is 5.75 Å². The van der Waals surface area contributed by atoms with Crippen LogP contribution in [0.1, 0.15) is 28.4 Å². The monoisotopic (exact) mass is 272 g/mol. The van der Waals surface area contributed by atoms with Crippen molar-refractivity contribution < 1.29 is 13.9 Å². The van der Waals surface area contributed by atoms with Crippen molar-refractivity contribution in [2.24, 2.45) is 0 Å². The SMILES string of the molecule is Cc1ccc(C(=O)C(C)Oc2ccc(F)cc2C)cc1. The van der Waals surface area contributed by atoms with E-state index in [0.717, 1.165) is 5.56 Å². The minimum Gasteiger partial charge on any atom is -0.482 e. The molecule has 20 heavy (non-hydrogen) atoms. The van der Waals surface area contributed by atoms with Crippen LogP contribution in [-0.2, 0) is 0 Å². The number of hydrogen-bond donors (Lipinski definition) is 0. The van der Waals surface area contributed by atoms with Gasteiger partial charge in [0.2, 0.25) is 5.78 Å². The molecule has 0 aromatic heterocycles. The van der Waals surface area contributed by atoms with Crippen molar-refractivity contribution in [2.75, 3.05) is 0 Å². The Morgan fingerprint density at radius 1 is 1.10 bits per heavy atom. The van der Waals surface area contributed by atoms with Gasteiger partial charge in [-0.25, -0.2) is 4.39 Å². The number of carbonyl (C=O) groups excluding carboxylic acids is 1. The first kappa shape index (κ1) is 14.3. The number of Topliss-reactive ketones (excluding diaryl/α,β-unsaturated/α-hetero) is 1. The molecule has 0 radical (unpaired) electrons. The number of ketones is 1. The van der Waals surface area contributed by atoms with Gasteiger partial charge in [-0.2, -0.15) is 0 Å². The molecule has 0 bridgehead atoms. The zero-order valence-electron chi connectivity index (χ0n) is 11.8. The van der Waals surface area contributed by atoms with Crippen LogP contribution in [0, 0.1) is 19.7 Å². The lowest BCUT2D eigenvalue weighted by molar-refractivity contribution is 0.0817. The minimum atomic E-state index is -0.609. The Morgan fingerprint density at radius 2 is 1.75 bits per heavy atom. The van der Waals surface area contributed by atoms with E-state index in [1.165, 1.54) is 12.1 Å². The average molecular weight is 272 g/mol. The quantitative estimate of drug-likeness (QED) is 0.783. The predicted octanol–water partition coefficient (Wildman–Crippen LogP) is 4.09. The van der Waals surface area contributed by atoms with E-state index < -0.39 is 6.10 Å². The molecule has 0 heterocycles.